The second kappa shape index (κ2) is 7.86. The van der Waals surface area contributed by atoms with Gasteiger partial charge >= 0.3 is 6.18 Å². The van der Waals surface area contributed by atoms with Crippen molar-refractivity contribution in [2.45, 2.75) is 31.5 Å². The Morgan fingerprint density at radius 2 is 1.94 bits per heavy atom. The van der Waals surface area contributed by atoms with E-state index in [4.69, 9.17) is 10.5 Å². The number of aromatic nitrogens is 3. The molecule has 10 heteroatoms. The van der Waals surface area contributed by atoms with Crippen LogP contribution in [0.4, 0.5) is 13.2 Å². The van der Waals surface area contributed by atoms with Gasteiger partial charge in [-0.05, 0) is 36.6 Å². The molecule has 0 spiro atoms. The van der Waals surface area contributed by atoms with Crippen LogP contribution >= 0.6 is 0 Å². The van der Waals surface area contributed by atoms with Crippen molar-refractivity contribution in [3.8, 4) is 16.9 Å². The lowest BCUT2D eigenvalue weighted by Crippen LogP contribution is -2.27. The van der Waals surface area contributed by atoms with E-state index in [0.717, 1.165) is 30.2 Å². The van der Waals surface area contributed by atoms with Gasteiger partial charge in [-0.25, -0.2) is 9.97 Å². The fourth-order valence-electron chi connectivity index (χ4n) is 3.26. The van der Waals surface area contributed by atoms with E-state index in [1.165, 1.54) is 30.6 Å². The molecule has 1 fully saturated rings. The normalized spacial score (nSPS) is 13.8. The topological polar surface area (TPSA) is 111 Å². The van der Waals surface area contributed by atoms with Crippen molar-refractivity contribution in [3.05, 3.63) is 75.7 Å². The summed E-state index contributed by atoms with van der Waals surface area (Å²) in [5.74, 6) is -0.264. The van der Waals surface area contributed by atoms with Gasteiger partial charge in [0.25, 0.3) is 11.5 Å². The maximum absolute atomic E-state index is 13.4. The molecule has 3 N–H and O–H groups in total. The number of amides is 1. The van der Waals surface area contributed by atoms with E-state index in [9.17, 15) is 22.8 Å². The Balaban J connectivity index is 1.60. The van der Waals surface area contributed by atoms with Crippen molar-refractivity contribution in [1.82, 2.24) is 15.0 Å². The zero-order valence-corrected chi connectivity index (χ0v) is 16.1. The van der Waals surface area contributed by atoms with Crippen LogP contribution in [0.15, 0.2) is 47.7 Å². The van der Waals surface area contributed by atoms with Crippen LogP contribution in [0.25, 0.3) is 11.1 Å². The molecule has 0 bridgehead atoms. The number of carbonyl (C=O) groups excluding carboxylic acids is 1. The lowest BCUT2D eigenvalue weighted by atomic mass is 10.0. The zero-order chi connectivity index (χ0) is 22.2. The smallest absolute Gasteiger partial charge is 0.431 e. The maximum atomic E-state index is 13.4. The van der Waals surface area contributed by atoms with E-state index in [1.807, 2.05) is 0 Å². The van der Waals surface area contributed by atoms with Crippen LogP contribution < -0.4 is 16.0 Å². The molecule has 1 saturated carbocycles. The highest BCUT2D eigenvalue weighted by molar-refractivity contribution is 5.94. The van der Waals surface area contributed by atoms with E-state index in [-0.39, 0.29) is 17.7 Å². The Kier molecular flexibility index (Phi) is 5.22. The van der Waals surface area contributed by atoms with Crippen molar-refractivity contribution in [2.75, 3.05) is 0 Å². The van der Waals surface area contributed by atoms with Gasteiger partial charge in [-0.3, -0.25) is 9.59 Å². The molecular formula is C21H17F3N4O3. The molecule has 2 aromatic heterocycles. The number of pyridine rings is 1. The van der Waals surface area contributed by atoms with Gasteiger partial charge in [0.05, 0.1) is 5.69 Å². The zero-order valence-electron chi connectivity index (χ0n) is 16.1. The van der Waals surface area contributed by atoms with E-state index in [1.54, 1.807) is 11.2 Å². The van der Waals surface area contributed by atoms with Crippen LogP contribution in [-0.2, 0) is 12.8 Å². The highest BCUT2D eigenvalue weighted by atomic mass is 19.4. The number of nitrogens with zero attached hydrogens (tertiary/aromatic N) is 2. The van der Waals surface area contributed by atoms with Gasteiger partial charge in [-0.2, -0.15) is 13.2 Å². The molecule has 7 nitrogen and oxygen atoms in total. The lowest BCUT2D eigenvalue weighted by Gasteiger charge is -2.14. The molecule has 2 heterocycles. The third-order valence-corrected chi connectivity index (χ3v) is 4.94. The monoisotopic (exact) mass is 430 g/mol. The number of halogens is 3. The standard InChI is InChI=1S/C21H17F3N4O3/c22-21(23,24)18-15(7-16(19(25)29)20(30)28-18)11-3-5-14(6-4-11)31-9-13-8-26-10-27-17(13)12-1-2-12/h3-8,10,12H,1-2,9H2,(H2,25,29)(H,28,30). The number of hydrogen-bond acceptors (Lipinski definition) is 5. The van der Waals surface area contributed by atoms with Crippen LogP contribution in [0.5, 0.6) is 5.75 Å². The number of alkyl halides is 3. The van der Waals surface area contributed by atoms with Gasteiger partial charge < -0.3 is 15.5 Å². The predicted molar refractivity (Wildman–Crippen MR) is 104 cm³/mol. The first kappa shape index (κ1) is 20.6. The molecule has 1 amide bonds. The maximum Gasteiger partial charge on any atom is 0.431 e. The van der Waals surface area contributed by atoms with E-state index < -0.39 is 28.9 Å². The lowest BCUT2D eigenvalue weighted by molar-refractivity contribution is -0.140. The molecule has 0 aliphatic heterocycles. The second-order valence-corrected chi connectivity index (χ2v) is 7.18. The number of hydrogen-bond donors (Lipinski definition) is 2. The Labute approximate surface area is 174 Å². The molecule has 1 aliphatic carbocycles. The van der Waals surface area contributed by atoms with Gasteiger partial charge in [-0.15, -0.1) is 0 Å². The van der Waals surface area contributed by atoms with Crippen molar-refractivity contribution < 1.29 is 22.7 Å². The largest absolute Gasteiger partial charge is 0.489 e. The third-order valence-electron chi connectivity index (χ3n) is 4.94. The summed E-state index contributed by atoms with van der Waals surface area (Å²) in [6, 6.07) is 6.68. The summed E-state index contributed by atoms with van der Waals surface area (Å²) in [5.41, 5.74) is 3.69. The van der Waals surface area contributed by atoms with Gasteiger partial charge in [0.2, 0.25) is 0 Å². The summed E-state index contributed by atoms with van der Waals surface area (Å²) >= 11 is 0. The van der Waals surface area contributed by atoms with Crippen molar-refractivity contribution >= 4 is 5.91 Å². The highest BCUT2D eigenvalue weighted by Crippen LogP contribution is 2.40. The van der Waals surface area contributed by atoms with E-state index >= 15 is 0 Å². The number of carbonyl (C=O) groups is 1. The van der Waals surface area contributed by atoms with Crippen molar-refractivity contribution in [3.63, 3.8) is 0 Å². The molecule has 0 unspecified atom stereocenters. The van der Waals surface area contributed by atoms with Gasteiger partial charge in [0, 0.05) is 23.2 Å². The number of benzene rings is 1. The van der Waals surface area contributed by atoms with E-state index in [0.29, 0.717) is 11.7 Å². The fraction of sp³-hybridized carbons (Fsp3) is 0.238. The van der Waals surface area contributed by atoms with Crippen LogP contribution in [0.3, 0.4) is 0 Å². The number of nitrogens with one attached hydrogen (secondary N) is 1. The number of primary amides is 1. The van der Waals surface area contributed by atoms with Crippen molar-refractivity contribution in [2.24, 2.45) is 5.73 Å². The quantitative estimate of drug-likeness (QED) is 0.623. The van der Waals surface area contributed by atoms with Crippen molar-refractivity contribution in [1.29, 1.82) is 0 Å². The first-order chi connectivity index (χ1) is 14.7. The van der Waals surface area contributed by atoms with Crippen LogP contribution in [0.2, 0.25) is 0 Å². The fourth-order valence-corrected chi connectivity index (χ4v) is 3.26. The van der Waals surface area contributed by atoms with E-state index in [2.05, 4.69) is 9.97 Å². The minimum absolute atomic E-state index is 0.139. The molecular weight excluding hydrogens is 413 g/mol. The molecule has 4 rings (SSSR count). The minimum Gasteiger partial charge on any atom is -0.489 e. The first-order valence-corrected chi connectivity index (χ1v) is 9.40. The third kappa shape index (κ3) is 4.42. The molecule has 31 heavy (non-hydrogen) atoms. The van der Waals surface area contributed by atoms with Crippen LogP contribution in [-0.4, -0.2) is 20.9 Å². The molecule has 160 valence electrons. The van der Waals surface area contributed by atoms with Crippen LogP contribution in [0.1, 0.15) is 46.1 Å². The van der Waals surface area contributed by atoms with Gasteiger partial charge in [0.1, 0.15) is 29.9 Å². The summed E-state index contributed by atoms with van der Waals surface area (Å²) in [5, 5.41) is 0. The molecule has 1 aromatic carbocycles. The Hall–Kier alpha value is -3.69. The molecule has 3 aromatic rings. The SMILES string of the molecule is NC(=O)c1cc(-c2ccc(OCc3cncnc3C3CC3)cc2)c(C(F)(F)F)[nH]c1=O. The average Bonchev–Trinajstić information content (AvgIpc) is 3.57. The highest BCUT2D eigenvalue weighted by Gasteiger charge is 2.36. The number of ether oxygens (including phenoxy) is 1. The predicted octanol–water partition coefficient (Wildman–Crippen LogP) is 3.41. The summed E-state index contributed by atoms with van der Waals surface area (Å²) in [6.07, 6.45) is 0.511. The Morgan fingerprint density at radius 3 is 2.55 bits per heavy atom. The van der Waals surface area contributed by atoms with Gasteiger partial charge in [0.15, 0.2) is 0 Å². The second-order valence-electron chi connectivity index (χ2n) is 7.18. The number of nitrogens with two attached hydrogens (primary N) is 1. The molecule has 0 atom stereocenters. The molecule has 0 radical (unpaired) electrons. The molecule has 1 aliphatic rings. The minimum atomic E-state index is -4.83. The number of H-pyrrole nitrogens is 1. The molecule has 0 saturated heterocycles. The first-order valence-electron chi connectivity index (χ1n) is 9.40. The Morgan fingerprint density at radius 1 is 1.23 bits per heavy atom. The summed E-state index contributed by atoms with van der Waals surface area (Å²) < 4.78 is 46.0. The summed E-state index contributed by atoms with van der Waals surface area (Å²) in [6.45, 7) is 0.226. The summed E-state index contributed by atoms with van der Waals surface area (Å²) in [7, 11) is 0. The number of rotatable bonds is 6. The summed E-state index contributed by atoms with van der Waals surface area (Å²) in [4.78, 5) is 33.2. The Bertz CT molecular complexity index is 1190. The number of aromatic amines is 1. The van der Waals surface area contributed by atoms with Crippen LogP contribution in [0, 0.1) is 0 Å². The van der Waals surface area contributed by atoms with Gasteiger partial charge in [-0.1, -0.05) is 12.1 Å². The average molecular weight is 430 g/mol.